The zero-order chi connectivity index (χ0) is 15.4. The monoisotopic (exact) mass is 321 g/mol. The molecule has 0 aromatic heterocycles. The van der Waals surface area contributed by atoms with Crippen LogP contribution >= 0.6 is 11.6 Å². The maximum Gasteiger partial charge on any atom is 0.402 e. The number of rotatable bonds is 1. The highest BCUT2D eigenvalue weighted by atomic mass is 35.5. The molecule has 2 fully saturated rings. The van der Waals surface area contributed by atoms with Crippen LogP contribution in [0.1, 0.15) is 12.8 Å². The van der Waals surface area contributed by atoms with Gasteiger partial charge in [-0.3, -0.25) is 10.2 Å². The highest BCUT2D eigenvalue weighted by molar-refractivity contribution is 6.30. The van der Waals surface area contributed by atoms with Crippen LogP contribution in [-0.2, 0) is 4.74 Å². The Hall–Kier alpha value is -1.68. The molecule has 5 nitrogen and oxygen atoms in total. The van der Waals surface area contributed by atoms with Gasteiger partial charge in [0.15, 0.2) is 0 Å². The van der Waals surface area contributed by atoms with Crippen molar-refractivity contribution in [2.75, 3.05) is 45.2 Å². The summed E-state index contributed by atoms with van der Waals surface area (Å²) in [6.07, 6.45) is 2.20. The number of likely N-dealkylation sites (tertiary alicyclic amines) is 1. The molecule has 2 saturated heterocycles. The SMILES string of the molecule is CN1CCCC1=[N+]=C(Nc1cccc(Cl)c1)N1CCOCC1. The van der Waals surface area contributed by atoms with Gasteiger partial charge in [0.25, 0.3) is 5.84 Å². The van der Waals surface area contributed by atoms with Crippen molar-refractivity contribution in [1.82, 2.24) is 14.5 Å². The van der Waals surface area contributed by atoms with Crippen LogP contribution in [0.25, 0.3) is 0 Å². The van der Waals surface area contributed by atoms with Gasteiger partial charge < -0.3 is 9.64 Å². The standard InChI is InChI=1S/C16H21ClN4O/c1-20-7-3-6-15(20)19-16(21-8-10-22-11-9-21)18-14-5-2-4-13(17)12-14/h2,4-5,12H,3,6-11H2,1H3/p+1. The molecular weight excluding hydrogens is 300 g/mol. The van der Waals surface area contributed by atoms with Crippen molar-refractivity contribution < 1.29 is 4.74 Å². The second kappa shape index (κ2) is 7.05. The first kappa shape index (κ1) is 15.2. The van der Waals surface area contributed by atoms with Gasteiger partial charge in [0, 0.05) is 18.5 Å². The molecule has 1 aromatic carbocycles. The van der Waals surface area contributed by atoms with Crippen LogP contribution in [-0.4, -0.2) is 61.5 Å². The Bertz CT molecular complexity index is 592. The fourth-order valence-electron chi connectivity index (χ4n) is 2.71. The molecule has 22 heavy (non-hydrogen) atoms. The van der Waals surface area contributed by atoms with Crippen molar-refractivity contribution in [3.05, 3.63) is 29.3 Å². The normalized spacial score (nSPS) is 18.4. The number of amidine groups is 1. The lowest BCUT2D eigenvalue weighted by Crippen LogP contribution is -2.46. The third-order valence-electron chi connectivity index (χ3n) is 3.96. The second-order valence-corrected chi connectivity index (χ2v) is 6.05. The lowest BCUT2D eigenvalue weighted by atomic mass is 10.3. The number of nitrogens with one attached hydrogen (secondary N) is 1. The summed E-state index contributed by atoms with van der Waals surface area (Å²) >= 11 is 6.08. The molecule has 2 aliphatic rings. The largest absolute Gasteiger partial charge is 0.402 e. The molecule has 0 radical (unpaired) electrons. The van der Waals surface area contributed by atoms with Crippen LogP contribution in [0.4, 0.5) is 5.69 Å². The van der Waals surface area contributed by atoms with Gasteiger partial charge >= 0.3 is 5.96 Å². The van der Waals surface area contributed by atoms with Crippen molar-refractivity contribution in [2.45, 2.75) is 12.8 Å². The van der Waals surface area contributed by atoms with Gasteiger partial charge in [-0.1, -0.05) is 17.7 Å². The summed E-state index contributed by atoms with van der Waals surface area (Å²) in [7, 11) is 2.10. The molecule has 1 aromatic rings. The predicted molar refractivity (Wildman–Crippen MR) is 91.5 cm³/mol. The Balaban J connectivity index is 1.90. The van der Waals surface area contributed by atoms with E-state index in [9.17, 15) is 0 Å². The van der Waals surface area contributed by atoms with E-state index in [4.69, 9.17) is 21.0 Å². The third kappa shape index (κ3) is 3.74. The summed E-state index contributed by atoms with van der Waals surface area (Å²) in [4.78, 5) is 4.46. The molecule has 3 rings (SSSR count). The molecular formula is C16H22ClN4O+. The summed E-state index contributed by atoms with van der Waals surface area (Å²) in [5, 5.41) is 4.14. The van der Waals surface area contributed by atoms with E-state index in [2.05, 4.69) is 22.2 Å². The second-order valence-electron chi connectivity index (χ2n) is 5.61. The molecule has 0 saturated carbocycles. The van der Waals surface area contributed by atoms with Crippen molar-refractivity contribution in [3.8, 4) is 0 Å². The Kier molecular flexibility index (Phi) is 4.88. The van der Waals surface area contributed by atoms with Crippen molar-refractivity contribution in [2.24, 2.45) is 0 Å². The number of benzene rings is 1. The minimum atomic E-state index is 0.719. The fourth-order valence-corrected chi connectivity index (χ4v) is 2.90. The van der Waals surface area contributed by atoms with Gasteiger partial charge in [0.2, 0.25) is 0 Å². The molecule has 0 aliphatic carbocycles. The highest BCUT2D eigenvalue weighted by Gasteiger charge is 2.25. The number of anilines is 1. The molecule has 0 atom stereocenters. The van der Waals surface area contributed by atoms with Crippen LogP contribution in [0, 0.1) is 0 Å². The number of morpholine rings is 1. The first-order valence-electron chi connectivity index (χ1n) is 7.73. The minimum absolute atomic E-state index is 0.719. The molecule has 0 bridgehead atoms. The number of guanidine groups is 1. The van der Waals surface area contributed by atoms with E-state index in [1.807, 2.05) is 24.3 Å². The lowest BCUT2D eigenvalue weighted by Gasteiger charge is -2.23. The zero-order valence-electron chi connectivity index (χ0n) is 12.9. The average molecular weight is 322 g/mol. The summed E-state index contributed by atoms with van der Waals surface area (Å²) in [5.41, 5.74) is 0.957. The van der Waals surface area contributed by atoms with Crippen molar-refractivity contribution in [1.29, 1.82) is 0 Å². The van der Waals surface area contributed by atoms with Crippen LogP contribution in [0.15, 0.2) is 24.3 Å². The van der Waals surface area contributed by atoms with E-state index in [-0.39, 0.29) is 0 Å². The number of nitrogens with zero attached hydrogens (tertiary/aromatic N) is 3. The van der Waals surface area contributed by atoms with Crippen LogP contribution in [0.5, 0.6) is 0 Å². The highest BCUT2D eigenvalue weighted by Crippen LogP contribution is 2.15. The Morgan fingerprint density at radius 2 is 2.09 bits per heavy atom. The molecule has 6 heteroatoms. The van der Waals surface area contributed by atoms with Gasteiger partial charge in [0.1, 0.15) is 0 Å². The molecule has 0 amide bonds. The molecule has 2 heterocycles. The molecule has 1 N–H and O–H groups in total. The fraction of sp³-hybridized carbons (Fsp3) is 0.500. The van der Waals surface area contributed by atoms with Gasteiger partial charge in [0.05, 0.1) is 38.5 Å². The Labute approximate surface area is 136 Å². The van der Waals surface area contributed by atoms with Crippen molar-refractivity contribution in [3.63, 3.8) is 0 Å². The minimum Gasteiger partial charge on any atom is -0.376 e. The number of hydrogen-bond acceptors (Lipinski definition) is 1. The van der Waals surface area contributed by atoms with Gasteiger partial charge in [-0.25, -0.2) is 4.67 Å². The maximum atomic E-state index is 6.08. The third-order valence-corrected chi connectivity index (χ3v) is 4.20. The molecule has 0 unspecified atom stereocenters. The average Bonchev–Trinajstić information content (AvgIpc) is 2.93. The molecule has 0 spiro atoms. The predicted octanol–water partition coefficient (Wildman–Crippen LogP) is 1.63. The van der Waals surface area contributed by atoms with Crippen LogP contribution in [0.2, 0.25) is 5.02 Å². The van der Waals surface area contributed by atoms with E-state index < -0.39 is 0 Å². The smallest absolute Gasteiger partial charge is 0.376 e. The van der Waals surface area contributed by atoms with Gasteiger partial charge in [-0.2, -0.15) is 0 Å². The Morgan fingerprint density at radius 3 is 2.77 bits per heavy atom. The van der Waals surface area contributed by atoms with E-state index in [1.165, 1.54) is 6.42 Å². The van der Waals surface area contributed by atoms with E-state index in [1.54, 1.807) is 0 Å². The van der Waals surface area contributed by atoms with Gasteiger partial charge in [-0.15, -0.1) is 0 Å². The summed E-state index contributed by atoms with van der Waals surface area (Å²) in [6, 6.07) is 7.74. The first-order chi connectivity index (χ1) is 10.7. The lowest BCUT2D eigenvalue weighted by molar-refractivity contribution is 0.0679. The number of halogens is 1. The molecule has 2 aliphatic heterocycles. The summed E-state index contributed by atoms with van der Waals surface area (Å²) in [6.45, 7) is 4.25. The first-order valence-corrected chi connectivity index (χ1v) is 8.11. The van der Waals surface area contributed by atoms with E-state index in [0.29, 0.717) is 0 Å². The quantitative estimate of drug-likeness (QED) is 0.485. The molecule has 118 valence electrons. The summed E-state index contributed by atoms with van der Waals surface area (Å²) < 4.78 is 10.3. The topological polar surface area (TPSA) is 41.8 Å². The number of ether oxygens (including phenoxy) is 1. The van der Waals surface area contributed by atoms with Crippen LogP contribution in [0.3, 0.4) is 0 Å². The van der Waals surface area contributed by atoms with E-state index >= 15 is 0 Å². The zero-order valence-corrected chi connectivity index (χ0v) is 13.6. The van der Waals surface area contributed by atoms with Crippen LogP contribution < -0.4 is 9.98 Å². The summed E-state index contributed by atoms with van der Waals surface area (Å²) in [5.74, 6) is 2.02. The van der Waals surface area contributed by atoms with Gasteiger partial charge in [-0.05, 0) is 24.6 Å². The van der Waals surface area contributed by atoms with E-state index in [0.717, 1.165) is 61.8 Å². The maximum absolute atomic E-state index is 6.08. The number of hydrogen-bond donors (Lipinski definition) is 1. The Morgan fingerprint density at radius 1 is 1.27 bits per heavy atom. The van der Waals surface area contributed by atoms with Crippen molar-refractivity contribution >= 4 is 29.1 Å².